The molecule has 7 heteroatoms. The van der Waals surface area contributed by atoms with Gasteiger partial charge in [0.15, 0.2) is 0 Å². The molecule has 1 amide bonds. The van der Waals surface area contributed by atoms with Gasteiger partial charge in [0.2, 0.25) is 5.89 Å². The summed E-state index contributed by atoms with van der Waals surface area (Å²) >= 11 is 0. The van der Waals surface area contributed by atoms with Gasteiger partial charge in [0.1, 0.15) is 23.2 Å². The van der Waals surface area contributed by atoms with E-state index in [4.69, 9.17) is 9.15 Å². The zero-order valence-electron chi connectivity index (χ0n) is 16.7. The predicted octanol–water partition coefficient (Wildman–Crippen LogP) is 3.74. The van der Waals surface area contributed by atoms with Crippen LogP contribution in [0.25, 0.3) is 0 Å². The molecule has 1 saturated heterocycles. The molecule has 0 unspecified atom stereocenters. The average molecular weight is 392 g/mol. The van der Waals surface area contributed by atoms with Crippen molar-refractivity contribution in [3.63, 3.8) is 0 Å². The molecule has 0 aliphatic carbocycles. The molecule has 1 aliphatic rings. The van der Waals surface area contributed by atoms with E-state index >= 15 is 0 Å². The van der Waals surface area contributed by atoms with Crippen LogP contribution in [0.1, 0.15) is 58.7 Å². The highest BCUT2D eigenvalue weighted by molar-refractivity contribution is 5.92. The number of hydrogen-bond donors (Lipinski definition) is 0. The van der Waals surface area contributed by atoms with Gasteiger partial charge in [-0.2, -0.15) is 0 Å². The maximum absolute atomic E-state index is 13.0. The Morgan fingerprint density at radius 3 is 2.90 bits per heavy atom. The lowest BCUT2D eigenvalue weighted by molar-refractivity contribution is 0.0563. The molecule has 0 saturated carbocycles. The number of aromatic nitrogens is 3. The molecule has 150 valence electrons. The van der Waals surface area contributed by atoms with Crippen molar-refractivity contribution >= 4 is 5.91 Å². The van der Waals surface area contributed by atoms with E-state index in [1.807, 2.05) is 36.1 Å². The first-order valence-electron chi connectivity index (χ1n) is 9.81. The number of aryl methyl sites for hydroxylation is 1. The van der Waals surface area contributed by atoms with Crippen molar-refractivity contribution in [3.8, 4) is 5.75 Å². The van der Waals surface area contributed by atoms with Gasteiger partial charge in [0.25, 0.3) is 5.91 Å². The summed E-state index contributed by atoms with van der Waals surface area (Å²) in [4.78, 5) is 27.7. The van der Waals surface area contributed by atoms with Gasteiger partial charge in [-0.05, 0) is 43.9 Å². The van der Waals surface area contributed by atoms with Gasteiger partial charge in [-0.1, -0.05) is 12.1 Å². The summed E-state index contributed by atoms with van der Waals surface area (Å²) in [6, 6.07) is 7.69. The van der Waals surface area contributed by atoms with E-state index in [9.17, 15) is 4.79 Å². The summed E-state index contributed by atoms with van der Waals surface area (Å²) in [7, 11) is 1.65. The lowest BCUT2D eigenvalue weighted by Gasteiger charge is -2.33. The van der Waals surface area contributed by atoms with Crippen LogP contribution in [0.5, 0.6) is 5.75 Å². The number of piperidine rings is 1. The average Bonchev–Trinajstić information content (AvgIpc) is 3.22. The van der Waals surface area contributed by atoms with Gasteiger partial charge in [-0.3, -0.25) is 9.78 Å². The second kappa shape index (κ2) is 8.43. The fourth-order valence-electron chi connectivity index (χ4n) is 3.62. The molecule has 2 aromatic heterocycles. The molecular formula is C22H24N4O3. The minimum atomic E-state index is -0.182. The smallest absolute Gasteiger partial charge is 0.274 e. The number of carbonyl (C=O) groups is 1. The first-order valence-corrected chi connectivity index (χ1v) is 9.81. The summed E-state index contributed by atoms with van der Waals surface area (Å²) in [5, 5.41) is 0. The first-order chi connectivity index (χ1) is 14.1. The molecule has 0 spiro atoms. The Balaban J connectivity index is 1.53. The van der Waals surface area contributed by atoms with E-state index in [-0.39, 0.29) is 11.9 Å². The Labute approximate surface area is 169 Å². The largest absolute Gasteiger partial charge is 0.497 e. The topological polar surface area (TPSA) is 81.4 Å². The third kappa shape index (κ3) is 4.29. The Morgan fingerprint density at radius 1 is 1.21 bits per heavy atom. The number of rotatable bonds is 5. The highest BCUT2D eigenvalue weighted by atomic mass is 16.5. The summed E-state index contributed by atoms with van der Waals surface area (Å²) in [6.07, 6.45) is 8.33. The third-order valence-electron chi connectivity index (χ3n) is 5.13. The molecule has 3 heterocycles. The van der Waals surface area contributed by atoms with E-state index in [1.54, 1.807) is 19.5 Å². The predicted molar refractivity (Wildman–Crippen MR) is 107 cm³/mol. The molecule has 4 rings (SSSR count). The van der Waals surface area contributed by atoms with Crippen LogP contribution < -0.4 is 4.74 Å². The van der Waals surface area contributed by atoms with Crippen molar-refractivity contribution in [1.82, 2.24) is 19.9 Å². The van der Waals surface area contributed by atoms with Crippen molar-refractivity contribution in [2.45, 2.75) is 38.6 Å². The van der Waals surface area contributed by atoms with Crippen molar-refractivity contribution < 1.29 is 13.9 Å². The maximum Gasteiger partial charge on any atom is 0.274 e. The molecule has 0 radical (unpaired) electrons. The van der Waals surface area contributed by atoms with E-state index in [0.29, 0.717) is 24.6 Å². The van der Waals surface area contributed by atoms with Gasteiger partial charge in [0.05, 0.1) is 25.2 Å². The lowest BCUT2D eigenvalue weighted by atomic mass is 10.0. The monoisotopic (exact) mass is 392 g/mol. The van der Waals surface area contributed by atoms with Crippen LogP contribution in [0.3, 0.4) is 0 Å². The number of oxazole rings is 1. The number of nitrogens with zero attached hydrogens (tertiary/aromatic N) is 4. The Morgan fingerprint density at radius 2 is 2.10 bits per heavy atom. The highest BCUT2D eigenvalue weighted by Gasteiger charge is 2.32. The number of carbonyl (C=O) groups excluding carboxylic acids is 1. The van der Waals surface area contributed by atoms with Gasteiger partial charge in [-0.25, -0.2) is 9.97 Å². The fourth-order valence-corrected chi connectivity index (χ4v) is 3.62. The summed E-state index contributed by atoms with van der Waals surface area (Å²) in [5.41, 5.74) is 2.22. The molecule has 1 aromatic carbocycles. The van der Waals surface area contributed by atoms with Crippen molar-refractivity contribution in [3.05, 3.63) is 71.5 Å². The van der Waals surface area contributed by atoms with Gasteiger partial charge >= 0.3 is 0 Å². The van der Waals surface area contributed by atoms with Crippen molar-refractivity contribution in [2.24, 2.45) is 0 Å². The Hall–Kier alpha value is -3.22. The number of likely N-dealkylation sites (tertiary alicyclic amines) is 1. The molecule has 29 heavy (non-hydrogen) atoms. The van der Waals surface area contributed by atoms with Gasteiger partial charge in [-0.15, -0.1) is 0 Å². The Kier molecular flexibility index (Phi) is 5.55. The van der Waals surface area contributed by atoms with Crippen molar-refractivity contribution in [1.29, 1.82) is 0 Å². The number of methoxy groups -OCH3 is 1. The molecule has 1 fully saturated rings. The van der Waals surface area contributed by atoms with E-state index in [2.05, 4.69) is 15.0 Å². The fraction of sp³-hybridized carbons (Fsp3) is 0.364. The van der Waals surface area contributed by atoms with Crippen molar-refractivity contribution in [2.75, 3.05) is 13.7 Å². The normalized spacial score (nSPS) is 16.6. The number of hydrogen-bond acceptors (Lipinski definition) is 6. The zero-order chi connectivity index (χ0) is 20.2. The van der Waals surface area contributed by atoms with Crippen LogP contribution in [0.15, 0.2) is 47.3 Å². The first kappa shape index (κ1) is 19.1. The molecule has 0 bridgehead atoms. The standard InChI is InChI=1S/C22H24N4O3/c1-15-12-24-19(14-23-15)22(27)26-9-4-3-8-20(26)21-25-13-18(29-21)11-16-6-5-7-17(10-16)28-2/h5-7,10,12-14,20H,3-4,8-9,11H2,1-2H3/t20-/m1/s1. The number of ether oxygens (including phenoxy) is 1. The molecule has 7 nitrogen and oxygen atoms in total. The van der Waals surface area contributed by atoms with E-state index in [1.165, 1.54) is 6.20 Å². The molecule has 1 aliphatic heterocycles. The minimum Gasteiger partial charge on any atom is -0.497 e. The minimum absolute atomic E-state index is 0.130. The molecule has 1 atom stereocenters. The van der Waals surface area contributed by atoms with E-state index in [0.717, 1.165) is 42.0 Å². The number of benzene rings is 1. The third-order valence-corrected chi connectivity index (χ3v) is 5.13. The summed E-state index contributed by atoms with van der Waals surface area (Å²) < 4.78 is 11.3. The molecule has 0 N–H and O–H groups in total. The summed E-state index contributed by atoms with van der Waals surface area (Å²) in [5.74, 6) is 2.03. The SMILES string of the molecule is COc1cccc(Cc2cnc([C@H]3CCCCN3C(=O)c3cnc(C)cn3)o2)c1. The van der Waals surface area contributed by atoms with Crippen LogP contribution in [-0.4, -0.2) is 39.4 Å². The summed E-state index contributed by atoms with van der Waals surface area (Å²) in [6.45, 7) is 2.51. The maximum atomic E-state index is 13.0. The van der Waals surface area contributed by atoms with Crippen LogP contribution in [-0.2, 0) is 6.42 Å². The van der Waals surface area contributed by atoms with Crippen LogP contribution in [0, 0.1) is 6.92 Å². The quantitative estimate of drug-likeness (QED) is 0.658. The number of amides is 1. The lowest BCUT2D eigenvalue weighted by Crippen LogP contribution is -2.39. The van der Waals surface area contributed by atoms with E-state index < -0.39 is 0 Å². The molecule has 3 aromatic rings. The second-order valence-electron chi connectivity index (χ2n) is 7.25. The Bertz CT molecular complexity index is 984. The van der Waals surface area contributed by atoms with Crippen LogP contribution >= 0.6 is 0 Å². The van der Waals surface area contributed by atoms with Crippen LogP contribution in [0.4, 0.5) is 0 Å². The van der Waals surface area contributed by atoms with Crippen LogP contribution in [0.2, 0.25) is 0 Å². The molecular weight excluding hydrogens is 368 g/mol. The second-order valence-corrected chi connectivity index (χ2v) is 7.25. The van der Waals surface area contributed by atoms with Gasteiger partial charge in [0, 0.05) is 19.2 Å². The van der Waals surface area contributed by atoms with Gasteiger partial charge < -0.3 is 14.1 Å². The highest BCUT2D eigenvalue weighted by Crippen LogP contribution is 2.32. The zero-order valence-corrected chi connectivity index (χ0v) is 16.7.